The number of benzene rings is 1. The molecule has 9 nitrogen and oxygen atoms in total. The van der Waals surface area contributed by atoms with Crippen molar-refractivity contribution in [2.24, 2.45) is 5.41 Å². The average Bonchev–Trinajstić information content (AvgIpc) is 3.50. The highest BCUT2D eigenvalue weighted by Gasteiger charge is 2.66. The van der Waals surface area contributed by atoms with Crippen LogP contribution in [0.25, 0.3) is 22.0 Å². The fourth-order valence-electron chi connectivity index (χ4n) is 8.10. The molecule has 0 N–H and O–H groups in total. The minimum absolute atomic E-state index is 0.0291. The number of ketones is 3. The molecule has 3 aliphatic rings. The van der Waals surface area contributed by atoms with Crippen LogP contribution in [0.15, 0.2) is 55.0 Å². The van der Waals surface area contributed by atoms with Crippen LogP contribution in [-0.4, -0.2) is 59.8 Å². The molecule has 7 rings (SSSR count). The minimum Gasteiger partial charge on any atom is -0.337 e. The van der Waals surface area contributed by atoms with Crippen molar-refractivity contribution in [3.05, 3.63) is 88.9 Å². The second-order valence-corrected chi connectivity index (χ2v) is 14.6. The van der Waals surface area contributed by atoms with E-state index >= 15 is 0 Å². The van der Waals surface area contributed by atoms with Gasteiger partial charge in [-0.15, -0.1) is 0 Å². The van der Waals surface area contributed by atoms with Crippen LogP contribution < -0.4 is 0 Å². The first-order valence-electron chi connectivity index (χ1n) is 17.7. The molecule has 1 aliphatic carbocycles. The Hall–Kier alpha value is -5.00. The van der Waals surface area contributed by atoms with Gasteiger partial charge in [-0.1, -0.05) is 18.2 Å². The summed E-state index contributed by atoms with van der Waals surface area (Å²) in [4.78, 5) is 68.7. The SMILES string of the molecule is CC(=O)c1cn2c3c(cc(-c4cnc(C)nc4)cc13)CC=CCCCC(=O)CC[C@@]13C[C@@H](C(=O)Cc4nc(C(F)(F)F)ccc4C)N(C(=O)C2)[C@@H]1C3. The van der Waals surface area contributed by atoms with Gasteiger partial charge < -0.3 is 9.47 Å². The zero-order chi connectivity index (χ0) is 36.9. The number of rotatable bonds is 5. The molecular weight excluding hydrogens is 671 g/mol. The molecule has 2 fully saturated rings. The summed E-state index contributed by atoms with van der Waals surface area (Å²) in [7, 11) is 0. The van der Waals surface area contributed by atoms with E-state index in [1.165, 1.54) is 13.0 Å². The summed E-state index contributed by atoms with van der Waals surface area (Å²) in [6.45, 7) is 4.75. The predicted octanol–water partition coefficient (Wildman–Crippen LogP) is 7.13. The van der Waals surface area contributed by atoms with Gasteiger partial charge in [0.05, 0.1) is 23.7 Å². The maximum absolute atomic E-state index is 14.5. The fraction of sp³-hybridized carbons (Fsp3) is 0.425. The molecule has 270 valence electrons. The maximum Gasteiger partial charge on any atom is 0.433 e. The topological polar surface area (TPSA) is 115 Å². The third-order valence-corrected chi connectivity index (χ3v) is 11.0. The number of nitrogens with zero attached hydrogens (tertiary/aromatic N) is 5. The van der Waals surface area contributed by atoms with E-state index in [0.717, 1.165) is 34.7 Å². The number of aryl methyl sites for hydroxylation is 2. The zero-order valence-electron chi connectivity index (χ0n) is 29.4. The normalized spacial score (nSPS) is 22.4. The number of carbonyl (C=O) groups excluding carboxylic acids is 4. The van der Waals surface area contributed by atoms with E-state index in [9.17, 15) is 32.3 Å². The molecule has 1 amide bonds. The Morgan fingerprint density at radius 3 is 2.50 bits per heavy atom. The molecule has 0 spiro atoms. The lowest BCUT2D eigenvalue weighted by atomic mass is 9.90. The number of Topliss-reactive ketones (excluding diaryl/α,β-unsaturated/α-hetero) is 3. The average molecular weight is 712 g/mol. The van der Waals surface area contributed by atoms with Gasteiger partial charge in [-0.05, 0) is 99.6 Å². The number of halogens is 3. The molecule has 1 saturated carbocycles. The second-order valence-electron chi connectivity index (χ2n) is 14.6. The Kier molecular flexibility index (Phi) is 9.21. The quantitative estimate of drug-likeness (QED) is 0.160. The number of piperidine rings is 1. The highest BCUT2D eigenvalue weighted by Crippen LogP contribution is 2.62. The summed E-state index contributed by atoms with van der Waals surface area (Å²) < 4.78 is 42.4. The molecule has 52 heavy (non-hydrogen) atoms. The first-order valence-corrected chi connectivity index (χ1v) is 17.7. The molecule has 12 heteroatoms. The van der Waals surface area contributed by atoms with E-state index in [1.54, 1.807) is 41.9 Å². The minimum atomic E-state index is -4.67. The summed E-state index contributed by atoms with van der Waals surface area (Å²) in [6.07, 6.45) is 8.46. The monoisotopic (exact) mass is 711 g/mol. The summed E-state index contributed by atoms with van der Waals surface area (Å²) in [6, 6.07) is 5.00. The van der Waals surface area contributed by atoms with Crippen LogP contribution in [0.2, 0.25) is 0 Å². The number of allylic oxidation sites excluding steroid dienone is 2. The van der Waals surface area contributed by atoms with E-state index in [1.807, 2.05) is 18.2 Å². The van der Waals surface area contributed by atoms with Crippen LogP contribution in [0.4, 0.5) is 13.2 Å². The maximum atomic E-state index is 14.5. The van der Waals surface area contributed by atoms with Crippen molar-refractivity contribution in [3.63, 3.8) is 0 Å². The number of carbonyl (C=O) groups is 4. The van der Waals surface area contributed by atoms with E-state index in [0.29, 0.717) is 67.3 Å². The lowest BCUT2D eigenvalue weighted by Crippen LogP contribution is -2.45. The first kappa shape index (κ1) is 35.4. The molecule has 0 unspecified atom stereocenters. The van der Waals surface area contributed by atoms with Gasteiger partial charge in [0.1, 0.15) is 23.8 Å². The third-order valence-electron chi connectivity index (χ3n) is 11.0. The van der Waals surface area contributed by atoms with Gasteiger partial charge in [0.2, 0.25) is 5.91 Å². The van der Waals surface area contributed by atoms with Crippen LogP contribution in [0, 0.1) is 19.3 Å². The van der Waals surface area contributed by atoms with E-state index in [4.69, 9.17) is 0 Å². The lowest BCUT2D eigenvalue weighted by molar-refractivity contribution is -0.141. The molecule has 0 radical (unpaired) electrons. The van der Waals surface area contributed by atoms with E-state index in [2.05, 4.69) is 21.0 Å². The molecule has 2 aliphatic heterocycles. The molecule has 2 bridgehead atoms. The van der Waals surface area contributed by atoms with Crippen molar-refractivity contribution >= 4 is 34.2 Å². The van der Waals surface area contributed by atoms with Gasteiger partial charge >= 0.3 is 6.18 Å². The zero-order valence-corrected chi connectivity index (χ0v) is 29.4. The van der Waals surface area contributed by atoms with Gasteiger partial charge in [0.25, 0.3) is 0 Å². The Morgan fingerprint density at radius 2 is 1.77 bits per heavy atom. The molecule has 5 heterocycles. The lowest BCUT2D eigenvalue weighted by Gasteiger charge is -2.27. The number of alkyl halides is 3. The largest absolute Gasteiger partial charge is 0.433 e. The third kappa shape index (κ3) is 6.82. The molecule has 1 aromatic carbocycles. The van der Waals surface area contributed by atoms with Crippen LogP contribution in [0.1, 0.15) is 90.6 Å². The summed E-state index contributed by atoms with van der Waals surface area (Å²) >= 11 is 0. The van der Waals surface area contributed by atoms with E-state index < -0.39 is 23.3 Å². The predicted molar refractivity (Wildman–Crippen MR) is 187 cm³/mol. The van der Waals surface area contributed by atoms with Gasteiger partial charge in [-0.3, -0.25) is 19.2 Å². The van der Waals surface area contributed by atoms with Gasteiger partial charge in [0, 0.05) is 54.0 Å². The molecule has 3 atom stereocenters. The molecule has 3 aromatic heterocycles. The summed E-state index contributed by atoms with van der Waals surface area (Å²) in [5.41, 5.74) is 2.67. The number of aromatic nitrogens is 4. The summed E-state index contributed by atoms with van der Waals surface area (Å²) in [5.74, 6) is -0.105. The number of amides is 1. The van der Waals surface area contributed by atoms with Crippen molar-refractivity contribution in [3.8, 4) is 11.1 Å². The number of hydrogen-bond donors (Lipinski definition) is 0. The van der Waals surface area contributed by atoms with E-state index in [-0.39, 0.29) is 48.0 Å². The van der Waals surface area contributed by atoms with Gasteiger partial charge in [-0.2, -0.15) is 13.2 Å². The molecule has 4 aromatic rings. The van der Waals surface area contributed by atoms with Crippen LogP contribution >= 0.6 is 0 Å². The number of hydrogen-bond acceptors (Lipinski definition) is 7. The second kappa shape index (κ2) is 13.5. The van der Waals surface area contributed by atoms with Crippen molar-refractivity contribution in [2.45, 2.75) is 103 Å². The van der Waals surface area contributed by atoms with Crippen LogP contribution in [-0.2, 0) is 39.9 Å². The van der Waals surface area contributed by atoms with Crippen molar-refractivity contribution < 1.29 is 32.3 Å². The van der Waals surface area contributed by atoms with Crippen LogP contribution in [0.5, 0.6) is 0 Å². The molecular formula is C40H40F3N5O4. The van der Waals surface area contributed by atoms with Crippen molar-refractivity contribution in [1.82, 2.24) is 24.4 Å². The first-order chi connectivity index (χ1) is 24.7. The van der Waals surface area contributed by atoms with Gasteiger partial charge in [0.15, 0.2) is 11.6 Å². The van der Waals surface area contributed by atoms with Crippen molar-refractivity contribution in [1.29, 1.82) is 0 Å². The fourth-order valence-corrected chi connectivity index (χ4v) is 8.10. The Balaban J connectivity index is 1.29. The van der Waals surface area contributed by atoms with Gasteiger partial charge in [-0.25, -0.2) is 15.0 Å². The Labute approximate surface area is 299 Å². The number of pyridine rings is 1. The van der Waals surface area contributed by atoms with Crippen molar-refractivity contribution in [2.75, 3.05) is 0 Å². The Morgan fingerprint density at radius 1 is 1.00 bits per heavy atom. The highest BCUT2D eigenvalue weighted by molar-refractivity contribution is 6.09. The highest BCUT2D eigenvalue weighted by atomic mass is 19.4. The van der Waals surface area contributed by atoms with Crippen LogP contribution in [0.3, 0.4) is 0 Å². The summed E-state index contributed by atoms with van der Waals surface area (Å²) in [5, 5.41) is 0.686. The smallest absolute Gasteiger partial charge is 0.337 e. The Bertz CT molecular complexity index is 2140. The molecule has 1 saturated heterocycles. The standard InChI is InChI=1S/C40H40F3N5O4/c1-23-10-11-35(40(41,42)43)46-32(23)16-34(51)33-17-39-13-12-29(50)9-7-5-4-6-8-26-14-27(28-19-44-25(3)45-20-28)15-30-31(24(2)49)21-47(38(26)30)22-37(52)48(33)36(39)18-39/h4,6,10-11,14-15,19-21,33,36H,5,7-9,12-13,16-18,22H2,1-3H3/t33-,36+,39-/m0/s1.